The largest absolute Gasteiger partial charge is 0.395 e. The highest BCUT2D eigenvalue weighted by Gasteiger charge is 2.49. The van der Waals surface area contributed by atoms with Crippen LogP contribution in [-0.2, 0) is 18.9 Å². The van der Waals surface area contributed by atoms with E-state index in [1.165, 1.54) is 6.92 Å². The van der Waals surface area contributed by atoms with Gasteiger partial charge in [0, 0.05) is 38.0 Å². The van der Waals surface area contributed by atoms with Crippen molar-refractivity contribution in [3.8, 4) is 0 Å². The molecule has 0 spiro atoms. The summed E-state index contributed by atoms with van der Waals surface area (Å²) in [6, 6.07) is -2.22. The molecule has 16 heteroatoms. The first kappa shape index (κ1) is 34.8. The van der Waals surface area contributed by atoms with Crippen molar-refractivity contribution in [3.63, 3.8) is 0 Å². The lowest BCUT2D eigenvalue weighted by molar-refractivity contribution is -0.309. The zero-order valence-corrected chi connectivity index (χ0v) is 23.4. The number of nitrogens with two attached hydrogens (primary N) is 2. The number of ether oxygens (including phenoxy) is 4. The van der Waals surface area contributed by atoms with Crippen molar-refractivity contribution in [1.29, 1.82) is 0 Å². The lowest BCUT2D eigenvalue weighted by Crippen LogP contribution is -2.67. The van der Waals surface area contributed by atoms with Crippen LogP contribution in [0.15, 0.2) is 0 Å². The summed E-state index contributed by atoms with van der Waals surface area (Å²) in [5.41, 5.74) is 10.6. The third-order valence-electron chi connectivity index (χ3n) is 7.79. The van der Waals surface area contributed by atoms with Gasteiger partial charge in [-0.1, -0.05) is 0 Å². The van der Waals surface area contributed by atoms with E-state index < -0.39 is 98.4 Å². The maximum absolute atomic E-state index is 11.4. The lowest BCUT2D eigenvalue weighted by atomic mass is 9.83. The molecule has 2 heterocycles. The van der Waals surface area contributed by atoms with Crippen LogP contribution >= 0.6 is 0 Å². The molecule has 16 nitrogen and oxygen atoms in total. The highest BCUT2D eigenvalue weighted by Crippen LogP contribution is 2.32. The molecule has 0 bridgehead atoms. The van der Waals surface area contributed by atoms with Gasteiger partial charge in [-0.25, -0.2) is 0 Å². The summed E-state index contributed by atoms with van der Waals surface area (Å²) in [6.45, 7) is 1.23. The minimum absolute atomic E-state index is 0.0251. The number of aliphatic hydroxyl groups is 8. The summed E-state index contributed by atoms with van der Waals surface area (Å²) in [7, 11) is 0. The normalized spacial score (nSPS) is 42.9. The molecule has 8 unspecified atom stereocenters. The predicted octanol–water partition coefficient (Wildman–Crippen LogP) is -5.85. The van der Waals surface area contributed by atoms with Gasteiger partial charge in [0.1, 0.15) is 36.6 Å². The van der Waals surface area contributed by atoms with Gasteiger partial charge in [-0.05, 0) is 26.3 Å². The minimum Gasteiger partial charge on any atom is -0.395 e. The summed E-state index contributed by atoms with van der Waals surface area (Å²) >= 11 is 0. The lowest BCUT2D eigenvalue weighted by Gasteiger charge is -2.48. The molecule has 41 heavy (non-hydrogen) atoms. The fraction of sp³-hybridized carbons (Fsp3) is 1.00. The second-order valence-corrected chi connectivity index (χ2v) is 11.7. The van der Waals surface area contributed by atoms with E-state index in [0.29, 0.717) is 13.0 Å². The molecule has 3 rings (SSSR count). The Hall–Kier alpha value is -0.640. The molecule has 0 aromatic rings. The number of rotatable bonds is 14. The molecule has 0 aromatic carbocycles. The van der Waals surface area contributed by atoms with Crippen molar-refractivity contribution in [2.75, 3.05) is 39.5 Å². The first-order valence-corrected chi connectivity index (χ1v) is 14.2. The van der Waals surface area contributed by atoms with Gasteiger partial charge in [0.05, 0.1) is 43.7 Å². The van der Waals surface area contributed by atoms with Gasteiger partial charge in [-0.3, -0.25) is 0 Å². The van der Waals surface area contributed by atoms with Crippen molar-refractivity contribution < 1.29 is 59.8 Å². The molecule has 1 saturated carbocycles. The number of hydrogen-bond donors (Lipinski definition) is 12. The van der Waals surface area contributed by atoms with Crippen LogP contribution in [-0.4, -0.2) is 165 Å². The van der Waals surface area contributed by atoms with Gasteiger partial charge in [0.2, 0.25) is 0 Å². The van der Waals surface area contributed by atoms with E-state index >= 15 is 0 Å². The Morgan fingerprint density at radius 2 is 1.73 bits per heavy atom. The molecule has 0 radical (unpaired) electrons. The Morgan fingerprint density at radius 1 is 1.02 bits per heavy atom. The molecule has 3 fully saturated rings. The average Bonchev–Trinajstić information content (AvgIpc) is 2.90. The van der Waals surface area contributed by atoms with Gasteiger partial charge in [0.15, 0.2) is 12.6 Å². The molecule has 1 aliphatic carbocycles. The van der Waals surface area contributed by atoms with Crippen molar-refractivity contribution in [1.82, 2.24) is 10.6 Å². The van der Waals surface area contributed by atoms with Crippen LogP contribution in [0.5, 0.6) is 0 Å². The van der Waals surface area contributed by atoms with E-state index in [1.807, 2.05) is 0 Å². The molecule has 14 N–H and O–H groups in total. The molecule has 0 amide bonds. The van der Waals surface area contributed by atoms with Gasteiger partial charge in [-0.15, -0.1) is 0 Å². The topological polar surface area (TPSA) is 275 Å². The zero-order valence-electron chi connectivity index (χ0n) is 23.4. The molecule has 242 valence electrons. The molecule has 0 aromatic heterocycles. The molecule has 2 saturated heterocycles. The Bertz CT molecular complexity index is 768. The van der Waals surface area contributed by atoms with E-state index in [-0.39, 0.29) is 39.0 Å². The maximum Gasteiger partial charge on any atom is 0.184 e. The number of nitrogens with one attached hydrogen (secondary N) is 2. The Balaban J connectivity index is 1.70. The summed E-state index contributed by atoms with van der Waals surface area (Å²) in [4.78, 5) is 0. The molecule has 3 aliphatic rings. The Labute approximate surface area is 239 Å². The molecular weight excluding hydrogens is 548 g/mol. The highest BCUT2D eigenvalue weighted by molar-refractivity contribution is 5.02. The molecule has 13 atom stereocenters. The number of aliphatic hydroxyl groups excluding tert-OH is 7. The van der Waals surface area contributed by atoms with Crippen LogP contribution in [0.2, 0.25) is 0 Å². The molecule has 2 aliphatic heterocycles. The fourth-order valence-corrected chi connectivity index (χ4v) is 5.52. The van der Waals surface area contributed by atoms with Crippen molar-refractivity contribution in [2.24, 2.45) is 11.5 Å². The molecular formula is C25H50N4O12. The summed E-state index contributed by atoms with van der Waals surface area (Å²) in [5, 5.41) is 88.1. The minimum atomic E-state index is -1.41. The van der Waals surface area contributed by atoms with Crippen LogP contribution in [0.25, 0.3) is 0 Å². The Morgan fingerprint density at radius 3 is 2.37 bits per heavy atom. The van der Waals surface area contributed by atoms with Gasteiger partial charge >= 0.3 is 0 Å². The number of hydrogen-bond acceptors (Lipinski definition) is 16. The van der Waals surface area contributed by atoms with Crippen LogP contribution in [0.1, 0.15) is 32.6 Å². The first-order chi connectivity index (χ1) is 19.4. The fourth-order valence-electron chi connectivity index (χ4n) is 5.52. The second-order valence-electron chi connectivity index (χ2n) is 11.7. The van der Waals surface area contributed by atoms with E-state index in [1.54, 1.807) is 0 Å². The van der Waals surface area contributed by atoms with E-state index in [2.05, 4.69) is 10.6 Å². The third-order valence-corrected chi connectivity index (χ3v) is 7.79. The average molecular weight is 599 g/mol. The quantitative estimate of drug-likeness (QED) is 0.0887. The summed E-state index contributed by atoms with van der Waals surface area (Å²) in [6.07, 6.45) is -10.6. The van der Waals surface area contributed by atoms with Crippen molar-refractivity contribution >= 4 is 0 Å². The van der Waals surface area contributed by atoms with Gasteiger partial charge in [-0.2, -0.15) is 0 Å². The van der Waals surface area contributed by atoms with Crippen molar-refractivity contribution in [2.45, 2.75) is 118 Å². The van der Waals surface area contributed by atoms with E-state index in [0.717, 1.165) is 0 Å². The monoisotopic (exact) mass is 598 g/mol. The van der Waals surface area contributed by atoms with E-state index in [9.17, 15) is 40.9 Å². The summed E-state index contributed by atoms with van der Waals surface area (Å²) in [5.74, 6) is 0. The first-order valence-electron chi connectivity index (χ1n) is 14.2. The van der Waals surface area contributed by atoms with Crippen molar-refractivity contribution in [3.05, 3.63) is 0 Å². The van der Waals surface area contributed by atoms with Gasteiger partial charge < -0.3 is 81.9 Å². The summed E-state index contributed by atoms with van der Waals surface area (Å²) < 4.78 is 23.5. The predicted molar refractivity (Wildman–Crippen MR) is 142 cm³/mol. The highest BCUT2D eigenvalue weighted by atomic mass is 16.7. The smallest absolute Gasteiger partial charge is 0.184 e. The maximum atomic E-state index is 11.4. The third kappa shape index (κ3) is 9.67. The second kappa shape index (κ2) is 15.9. The zero-order chi connectivity index (χ0) is 30.3. The van der Waals surface area contributed by atoms with Crippen LogP contribution < -0.4 is 22.1 Å². The van der Waals surface area contributed by atoms with Gasteiger partial charge in [0.25, 0.3) is 0 Å². The standard InChI is InChI=1S/C25H50N4O12/c1-25(37)6-17(34)24(38-11-25)41-23-15(29-12(9-30)10-31)4-14(27)22(21(23)36)40-19-5-16(33)20(35)18(39-19)8-28-7-13(32)2-3-26/h12-24,28-37H,2-11,26-27H2,1H3/t13?,14?,15?,16?,17?,18?,19-,20+,21?,22-,23+,24?,25-/m1/s1. The van der Waals surface area contributed by atoms with E-state index in [4.69, 9.17) is 30.4 Å². The van der Waals surface area contributed by atoms with Crippen LogP contribution in [0.4, 0.5) is 0 Å². The van der Waals surface area contributed by atoms with Crippen LogP contribution in [0, 0.1) is 0 Å². The SMILES string of the molecule is C[C@]1(O)COC(O[C@H]2C(NC(CO)CO)CC(N)[C@@H](O[C@@H]3CC(O)[C@H](O)C(CNCC(O)CCN)O3)C2O)C(O)C1. The Kier molecular flexibility index (Phi) is 13.5. The van der Waals surface area contributed by atoms with Crippen LogP contribution in [0.3, 0.4) is 0 Å².